The van der Waals surface area contributed by atoms with Gasteiger partial charge in [-0.1, -0.05) is 11.3 Å². The van der Waals surface area contributed by atoms with E-state index in [1.807, 2.05) is 20.8 Å². The molecular weight excluding hydrogens is 436 g/mol. The van der Waals surface area contributed by atoms with Crippen molar-refractivity contribution in [3.63, 3.8) is 0 Å². The van der Waals surface area contributed by atoms with Crippen molar-refractivity contribution in [3.05, 3.63) is 45.8 Å². The van der Waals surface area contributed by atoms with Crippen molar-refractivity contribution in [2.45, 2.75) is 45.9 Å². The lowest BCUT2D eigenvalue weighted by atomic mass is 10.2. The summed E-state index contributed by atoms with van der Waals surface area (Å²) in [5, 5.41) is 18.4. The van der Waals surface area contributed by atoms with Gasteiger partial charge in [-0.05, 0) is 39.3 Å². The number of non-ortho nitro benzene ring substituents is 1. The Bertz CT molecular complexity index is 1210. The van der Waals surface area contributed by atoms with E-state index >= 15 is 0 Å². The SMILES string of the molecule is CC(C)(C)OC(=O)N1CCCn2nc(C(=O)Nc3nc4ccc([N+](=O)[O-])cc4s3)cc2C1. The molecule has 11 nitrogen and oxygen atoms in total. The molecule has 0 fully saturated rings. The number of carbonyl (C=O) groups is 2. The molecule has 4 rings (SSSR count). The number of aryl methyl sites for hydroxylation is 1. The van der Waals surface area contributed by atoms with Crippen molar-refractivity contribution in [2.24, 2.45) is 0 Å². The van der Waals surface area contributed by atoms with Gasteiger partial charge in [0, 0.05) is 25.2 Å². The minimum atomic E-state index is -0.591. The highest BCUT2D eigenvalue weighted by atomic mass is 32.1. The molecular formula is C20H22N6O5S. The predicted molar refractivity (Wildman–Crippen MR) is 118 cm³/mol. The number of nitrogens with one attached hydrogen (secondary N) is 1. The van der Waals surface area contributed by atoms with E-state index in [-0.39, 0.29) is 11.4 Å². The number of rotatable bonds is 3. The Morgan fingerprint density at radius 2 is 2.03 bits per heavy atom. The third kappa shape index (κ3) is 4.69. The van der Waals surface area contributed by atoms with Gasteiger partial charge in [-0.15, -0.1) is 0 Å². The van der Waals surface area contributed by atoms with Gasteiger partial charge in [-0.2, -0.15) is 5.10 Å². The molecule has 1 aromatic carbocycles. The van der Waals surface area contributed by atoms with Gasteiger partial charge in [0.15, 0.2) is 10.8 Å². The molecule has 2 amide bonds. The van der Waals surface area contributed by atoms with E-state index in [9.17, 15) is 19.7 Å². The van der Waals surface area contributed by atoms with Gasteiger partial charge in [-0.25, -0.2) is 9.78 Å². The molecule has 0 saturated carbocycles. The monoisotopic (exact) mass is 458 g/mol. The molecule has 0 saturated heterocycles. The van der Waals surface area contributed by atoms with Gasteiger partial charge < -0.3 is 9.64 Å². The highest BCUT2D eigenvalue weighted by Crippen LogP contribution is 2.29. The minimum absolute atomic E-state index is 0.0357. The highest BCUT2D eigenvalue weighted by molar-refractivity contribution is 7.22. The van der Waals surface area contributed by atoms with Crippen LogP contribution in [0, 0.1) is 10.1 Å². The number of nitrogens with zero attached hydrogens (tertiary/aromatic N) is 5. The van der Waals surface area contributed by atoms with Gasteiger partial charge in [-0.3, -0.25) is 24.9 Å². The predicted octanol–water partition coefficient (Wildman–Crippen LogP) is 3.79. The Balaban J connectivity index is 1.49. The molecule has 1 aliphatic rings. The maximum Gasteiger partial charge on any atom is 0.410 e. The second kappa shape index (κ2) is 8.19. The molecule has 1 aliphatic heterocycles. The van der Waals surface area contributed by atoms with E-state index in [1.165, 1.54) is 12.1 Å². The zero-order chi connectivity index (χ0) is 23.0. The molecule has 3 heterocycles. The number of nitro groups is 1. The van der Waals surface area contributed by atoms with E-state index in [2.05, 4.69) is 15.4 Å². The minimum Gasteiger partial charge on any atom is -0.444 e. The zero-order valence-corrected chi connectivity index (χ0v) is 18.6. The maximum absolute atomic E-state index is 12.7. The Morgan fingerprint density at radius 3 is 2.75 bits per heavy atom. The molecule has 0 bridgehead atoms. The summed E-state index contributed by atoms with van der Waals surface area (Å²) in [6.45, 7) is 6.85. The summed E-state index contributed by atoms with van der Waals surface area (Å²) >= 11 is 1.15. The van der Waals surface area contributed by atoms with E-state index < -0.39 is 22.5 Å². The van der Waals surface area contributed by atoms with Crippen LogP contribution in [0.1, 0.15) is 43.4 Å². The number of fused-ring (bicyclic) bond motifs is 2. The molecule has 2 aromatic heterocycles. The van der Waals surface area contributed by atoms with Gasteiger partial charge in [0.25, 0.3) is 11.6 Å². The summed E-state index contributed by atoms with van der Waals surface area (Å²) < 4.78 is 7.79. The van der Waals surface area contributed by atoms with Crippen molar-refractivity contribution in [3.8, 4) is 0 Å². The van der Waals surface area contributed by atoms with Crippen LogP contribution in [0.3, 0.4) is 0 Å². The van der Waals surface area contributed by atoms with Gasteiger partial charge in [0.1, 0.15) is 5.60 Å². The second-order valence-corrected chi connectivity index (χ2v) is 9.41. The number of anilines is 1. The smallest absolute Gasteiger partial charge is 0.410 e. The molecule has 168 valence electrons. The summed E-state index contributed by atoms with van der Waals surface area (Å²) in [6.07, 6.45) is 0.285. The molecule has 32 heavy (non-hydrogen) atoms. The maximum atomic E-state index is 12.7. The molecule has 0 unspecified atom stereocenters. The number of benzene rings is 1. The molecule has 0 atom stereocenters. The lowest BCUT2D eigenvalue weighted by molar-refractivity contribution is -0.384. The van der Waals surface area contributed by atoms with E-state index in [4.69, 9.17) is 4.74 Å². The third-order valence-electron chi connectivity index (χ3n) is 4.70. The van der Waals surface area contributed by atoms with Crippen LogP contribution in [0.2, 0.25) is 0 Å². The van der Waals surface area contributed by atoms with Crippen molar-refractivity contribution in [2.75, 3.05) is 11.9 Å². The first-order valence-electron chi connectivity index (χ1n) is 10.00. The van der Waals surface area contributed by atoms with E-state index in [0.717, 1.165) is 17.0 Å². The summed E-state index contributed by atoms with van der Waals surface area (Å²) in [5.74, 6) is -0.442. The van der Waals surface area contributed by atoms with Crippen LogP contribution in [0.15, 0.2) is 24.3 Å². The van der Waals surface area contributed by atoms with Crippen LogP contribution in [0.5, 0.6) is 0 Å². The first kappa shape index (κ1) is 21.7. The third-order valence-corrected chi connectivity index (χ3v) is 5.64. The normalized spacial score (nSPS) is 14.0. The number of nitro benzene ring substituents is 1. The number of thiazole rings is 1. The van der Waals surface area contributed by atoms with Crippen molar-refractivity contribution >= 4 is 44.4 Å². The molecule has 3 aromatic rings. The lowest BCUT2D eigenvalue weighted by Crippen LogP contribution is -2.36. The van der Waals surface area contributed by atoms with Crippen LogP contribution < -0.4 is 5.32 Å². The average molecular weight is 459 g/mol. The molecule has 0 spiro atoms. The van der Waals surface area contributed by atoms with Gasteiger partial charge in [0.05, 0.1) is 27.4 Å². The summed E-state index contributed by atoms with van der Waals surface area (Å²) in [6, 6.07) is 5.99. The van der Waals surface area contributed by atoms with Crippen molar-refractivity contribution < 1.29 is 19.2 Å². The Morgan fingerprint density at radius 1 is 1.25 bits per heavy atom. The number of amides is 2. The van der Waals surface area contributed by atoms with Crippen LogP contribution >= 0.6 is 11.3 Å². The fourth-order valence-electron chi connectivity index (χ4n) is 3.30. The van der Waals surface area contributed by atoms with Crippen LogP contribution in [0.25, 0.3) is 10.2 Å². The van der Waals surface area contributed by atoms with Gasteiger partial charge >= 0.3 is 6.09 Å². The quantitative estimate of drug-likeness (QED) is 0.466. The van der Waals surface area contributed by atoms with E-state index in [1.54, 1.807) is 21.7 Å². The average Bonchev–Trinajstić information content (AvgIpc) is 3.23. The molecule has 0 aliphatic carbocycles. The number of hydrogen-bond donors (Lipinski definition) is 1. The first-order valence-corrected chi connectivity index (χ1v) is 10.8. The topological polar surface area (TPSA) is 132 Å². The fraction of sp³-hybridized carbons (Fsp3) is 0.400. The zero-order valence-electron chi connectivity index (χ0n) is 17.8. The molecule has 12 heteroatoms. The molecule has 1 N–H and O–H groups in total. The summed E-state index contributed by atoms with van der Waals surface area (Å²) in [7, 11) is 0. The van der Waals surface area contributed by atoms with E-state index in [0.29, 0.717) is 41.4 Å². The largest absolute Gasteiger partial charge is 0.444 e. The standard InChI is InChI=1S/C20H22N6O5S/c1-20(2,3)31-19(28)24-7-4-8-25-13(11-24)9-15(23-25)17(27)22-18-21-14-6-5-12(26(29)30)10-16(14)32-18/h5-6,9-10H,4,7-8,11H2,1-3H3,(H,21,22,27). The number of aromatic nitrogens is 3. The second-order valence-electron chi connectivity index (χ2n) is 8.38. The Kier molecular flexibility index (Phi) is 5.55. The lowest BCUT2D eigenvalue weighted by Gasteiger charge is -2.26. The van der Waals surface area contributed by atoms with Crippen LogP contribution in [0.4, 0.5) is 15.6 Å². The van der Waals surface area contributed by atoms with Crippen LogP contribution in [-0.2, 0) is 17.8 Å². The summed E-state index contributed by atoms with van der Waals surface area (Å²) in [5.41, 5.74) is 0.873. The Labute approximate surface area is 187 Å². The highest BCUT2D eigenvalue weighted by Gasteiger charge is 2.26. The number of ether oxygens (including phenoxy) is 1. The van der Waals surface area contributed by atoms with Gasteiger partial charge in [0.2, 0.25) is 0 Å². The number of carbonyl (C=O) groups excluding carboxylic acids is 2. The first-order chi connectivity index (χ1) is 15.1. The Hall–Kier alpha value is -3.54. The molecule has 0 radical (unpaired) electrons. The van der Waals surface area contributed by atoms with Crippen LogP contribution in [-0.4, -0.2) is 48.7 Å². The fourth-order valence-corrected chi connectivity index (χ4v) is 4.19. The van der Waals surface area contributed by atoms with Crippen molar-refractivity contribution in [1.82, 2.24) is 19.7 Å². The summed E-state index contributed by atoms with van der Waals surface area (Å²) in [4.78, 5) is 41.6. The number of hydrogen-bond acceptors (Lipinski definition) is 8. The van der Waals surface area contributed by atoms with Crippen molar-refractivity contribution in [1.29, 1.82) is 0 Å².